The van der Waals surface area contributed by atoms with E-state index in [0.29, 0.717) is 38.0 Å². The van der Waals surface area contributed by atoms with Gasteiger partial charge in [0.15, 0.2) is 0 Å². The quantitative estimate of drug-likeness (QED) is 0.896. The van der Waals surface area contributed by atoms with Crippen molar-refractivity contribution in [2.75, 3.05) is 13.1 Å². The van der Waals surface area contributed by atoms with Crippen LogP contribution in [-0.2, 0) is 11.3 Å². The highest BCUT2D eigenvalue weighted by Crippen LogP contribution is 2.20. The lowest BCUT2D eigenvalue weighted by atomic mass is 9.95. The van der Waals surface area contributed by atoms with Crippen LogP contribution < -0.4 is 5.32 Å². The van der Waals surface area contributed by atoms with Crippen molar-refractivity contribution >= 4 is 11.8 Å². The highest BCUT2D eigenvalue weighted by atomic mass is 19.1. The third-order valence-corrected chi connectivity index (χ3v) is 5.23. The van der Waals surface area contributed by atoms with E-state index in [1.54, 1.807) is 13.0 Å². The second kappa shape index (κ2) is 8.33. The molecule has 1 heterocycles. The standard InChI is InChI=1S/C22H25FN2O2/c1-15-5-3-4-6-19(15)22(27)25-11-9-18(10-12-25)21(26)24-14-17-8-7-16(2)20(23)13-17/h3-8,13,18H,9-12,14H2,1-2H3,(H,24,26). The molecule has 0 atom stereocenters. The molecule has 2 aromatic carbocycles. The maximum absolute atomic E-state index is 13.6. The average Bonchev–Trinajstić information content (AvgIpc) is 2.68. The van der Waals surface area contributed by atoms with Crippen molar-refractivity contribution in [3.8, 4) is 0 Å². The lowest BCUT2D eigenvalue weighted by molar-refractivity contribution is -0.126. The maximum atomic E-state index is 13.6. The number of hydrogen-bond donors (Lipinski definition) is 1. The number of nitrogens with one attached hydrogen (secondary N) is 1. The van der Waals surface area contributed by atoms with Crippen LogP contribution in [0, 0.1) is 25.6 Å². The van der Waals surface area contributed by atoms with Gasteiger partial charge in [-0.25, -0.2) is 4.39 Å². The molecule has 1 aliphatic heterocycles. The number of piperidine rings is 1. The number of rotatable bonds is 4. The fraction of sp³-hybridized carbons (Fsp3) is 0.364. The van der Waals surface area contributed by atoms with Gasteiger partial charge < -0.3 is 10.2 Å². The van der Waals surface area contributed by atoms with Gasteiger partial charge in [-0.1, -0.05) is 30.3 Å². The number of carbonyl (C=O) groups excluding carboxylic acids is 2. The predicted molar refractivity (Wildman–Crippen MR) is 103 cm³/mol. The predicted octanol–water partition coefficient (Wildman–Crippen LogP) is 3.61. The van der Waals surface area contributed by atoms with Crippen molar-refractivity contribution < 1.29 is 14.0 Å². The lowest BCUT2D eigenvalue weighted by Gasteiger charge is -2.31. The van der Waals surface area contributed by atoms with E-state index in [2.05, 4.69) is 5.32 Å². The molecule has 4 nitrogen and oxygen atoms in total. The molecule has 0 aromatic heterocycles. The number of amides is 2. The van der Waals surface area contributed by atoms with Crippen LogP contribution in [0.3, 0.4) is 0 Å². The molecular weight excluding hydrogens is 343 g/mol. The van der Waals surface area contributed by atoms with E-state index in [9.17, 15) is 14.0 Å². The molecule has 1 saturated heterocycles. The topological polar surface area (TPSA) is 49.4 Å². The third-order valence-electron chi connectivity index (χ3n) is 5.23. The van der Waals surface area contributed by atoms with Crippen LogP contribution in [0.4, 0.5) is 4.39 Å². The van der Waals surface area contributed by atoms with Gasteiger partial charge in [-0.15, -0.1) is 0 Å². The second-order valence-corrected chi connectivity index (χ2v) is 7.18. The summed E-state index contributed by atoms with van der Waals surface area (Å²) in [7, 11) is 0. The van der Waals surface area contributed by atoms with E-state index in [1.807, 2.05) is 42.2 Å². The normalized spacial score (nSPS) is 14.9. The molecule has 2 aromatic rings. The summed E-state index contributed by atoms with van der Waals surface area (Å²) in [4.78, 5) is 26.9. The molecule has 0 saturated carbocycles. The fourth-order valence-electron chi connectivity index (χ4n) is 3.41. The van der Waals surface area contributed by atoms with E-state index in [0.717, 1.165) is 16.7 Å². The number of nitrogens with zero attached hydrogens (tertiary/aromatic N) is 1. The van der Waals surface area contributed by atoms with Crippen LogP contribution in [0.1, 0.15) is 39.9 Å². The van der Waals surface area contributed by atoms with Crippen LogP contribution in [-0.4, -0.2) is 29.8 Å². The SMILES string of the molecule is Cc1ccc(CNC(=O)C2CCN(C(=O)c3ccccc3C)CC2)cc1F. The molecule has 0 spiro atoms. The Morgan fingerprint density at radius 1 is 1.07 bits per heavy atom. The monoisotopic (exact) mass is 368 g/mol. The first-order valence-electron chi connectivity index (χ1n) is 9.33. The first-order valence-corrected chi connectivity index (χ1v) is 9.33. The van der Waals surface area contributed by atoms with Gasteiger partial charge in [0.05, 0.1) is 0 Å². The van der Waals surface area contributed by atoms with Crippen molar-refractivity contribution in [2.45, 2.75) is 33.2 Å². The van der Waals surface area contributed by atoms with E-state index in [-0.39, 0.29) is 23.5 Å². The summed E-state index contributed by atoms with van der Waals surface area (Å²) in [5, 5.41) is 2.89. The van der Waals surface area contributed by atoms with E-state index in [1.165, 1.54) is 6.07 Å². The Morgan fingerprint density at radius 2 is 1.78 bits per heavy atom. The van der Waals surface area contributed by atoms with Crippen LogP contribution in [0.25, 0.3) is 0 Å². The van der Waals surface area contributed by atoms with Crippen molar-refractivity contribution in [1.82, 2.24) is 10.2 Å². The number of halogens is 1. The van der Waals surface area contributed by atoms with Crippen LogP contribution in [0.15, 0.2) is 42.5 Å². The number of benzene rings is 2. The second-order valence-electron chi connectivity index (χ2n) is 7.18. The number of likely N-dealkylation sites (tertiary alicyclic amines) is 1. The zero-order valence-corrected chi connectivity index (χ0v) is 15.8. The number of aryl methyl sites for hydroxylation is 2. The van der Waals surface area contributed by atoms with Crippen molar-refractivity contribution in [2.24, 2.45) is 5.92 Å². The molecule has 0 bridgehead atoms. The first-order chi connectivity index (χ1) is 13.0. The Bertz CT molecular complexity index is 842. The molecule has 1 N–H and O–H groups in total. The summed E-state index contributed by atoms with van der Waals surface area (Å²) in [6.07, 6.45) is 1.29. The van der Waals surface area contributed by atoms with Crippen LogP contribution in [0.2, 0.25) is 0 Å². The Labute approximate surface area is 159 Å². The lowest BCUT2D eigenvalue weighted by Crippen LogP contribution is -2.43. The van der Waals surface area contributed by atoms with E-state index in [4.69, 9.17) is 0 Å². The molecule has 1 aliphatic rings. The minimum Gasteiger partial charge on any atom is -0.352 e. The largest absolute Gasteiger partial charge is 0.352 e. The van der Waals surface area contributed by atoms with Gasteiger partial charge in [-0.2, -0.15) is 0 Å². The summed E-state index contributed by atoms with van der Waals surface area (Å²) >= 11 is 0. The number of hydrogen-bond acceptors (Lipinski definition) is 2. The van der Waals surface area contributed by atoms with Crippen molar-refractivity contribution in [1.29, 1.82) is 0 Å². The Balaban J connectivity index is 1.51. The van der Waals surface area contributed by atoms with E-state index < -0.39 is 0 Å². The molecule has 3 rings (SSSR count). The highest BCUT2D eigenvalue weighted by molar-refractivity contribution is 5.95. The van der Waals surface area contributed by atoms with Crippen molar-refractivity contribution in [3.63, 3.8) is 0 Å². The smallest absolute Gasteiger partial charge is 0.254 e. The average molecular weight is 368 g/mol. The molecule has 0 aliphatic carbocycles. The van der Waals surface area contributed by atoms with Crippen molar-refractivity contribution in [3.05, 3.63) is 70.5 Å². The van der Waals surface area contributed by atoms with Crippen LogP contribution in [0.5, 0.6) is 0 Å². The van der Waals surface area contributed by atoms with Gasteiger partial charge in [-0.3, -0.25) is 9.59 Å². The van der Waals surface area contributed by atoms with Gasteiger partial charge in [0, 0.05) is 31.1 Å². The molecule has 0 unspecified atom stereocenters. The van der Waals surface area contributed by atoms with Gasteiger partial charge in [0.1, 0.15) is 5.82 Å². The Hall–Kier alpha value is -2.69. The summed E-state index contributed by atoms with van der Waals surface area (Å²) in [5.41, 5.74) is 3.03. The molecule has 2 amide bonds. The summed E-state index contributed by atoms with van der Waals surface area (Å²) in [6, 6.07) is 12.6. The third kappa shape index (κ3) is 4.54. The number of carbonyl (C=O) groups is 2. The van der Waals surface area contributed by atoms with Gasteiger partial charge in [0.25, 0.3) is 5.91 Å². The molecular formula is C22H25FN2O2. The van der Waals surface area contributed by atoms with Gasteiger partial charge in [-0.05, 0) is 55.5 Å². The summed E-state index contributed by atoms with van der Waals surface area (Å²) < 4.78 is 13.6. The van der Waals surface area contributed by atoms with Gasteiger partial charge >= 0.3 is 0 Å². The van der Waals surface area contributed by atoms with Gasteiger partial charge in [0.2, 0.25) is 5.91 Å². The molecule has 27 heavy (non-hydrogen) atoms. The molecule has 142 valence electrons. The minimum absolute atomic E-state index is 0.0287. The first kappa shape index (κ1) is 19.1. The van der Waals surface area contributed by atoms with Crippen LogP contribution >= 0.6 is 0 Å². The fourth-order valence-corrected chi connectivity index (χ4v) is 3.41. The molecule has 1 fully saturated rings. The molecule has 0 radical (unpaired) electrons. The summed E-state index contributed by atoms with van der Waals surface area (Å²) in [5.74, 6) is -0.368. The zero-order chi connectivity index (χ0) is 19.4. The van der Waals surface area contributed by atoms with E-state index >= 15 is 0 Å². The highest BCUT2D eigenvalue weighted by Gasteiger charge is 2.28. The minimum atomic E-state index is -0.259. The zero-order valence-electron chi connectivity index (χ0n) is 15.8. The Kier molecular flexibility index (Phi) is 5.89. The summed E-state index contributed by atoms with van der Waals surface area (Å²) in [6.45, 7) is 5.11. The Morgan fingerprint density at radius 3 is 2.44 bits per heavy atom. The molecule has 5 heteroatoms. The maximum Gasteiger partial charge on any atom is 0.254 e.